The second-order valence-electron chi connectivity index (χ2n) is 12.7. The number of hydrogen-bond acceptors (Lipinski definition) is 7. The van der Waals surface area contributed by atoms with Gasteiger partial charge in [-0.1, -0.05) is 31.2 Å². The van der Waals surface area contributed by atoms with E-state index in [-0.39, 0.29) is 17.4 Å². The monoisotopic (exact) mass is 528 g/mol. The van der Waals surface area contributed by atoms with E-state index in [1.54, 1.807) is 6.20 Å². The Hall–Kier alpha value is -2.84. The Morgan fingerprint density at radius 1 is 1.08 bits per heavy atom. The summed E-state index contributed by atoms with van der Waals surface area (Å²) >= 11 is 0. The molecule has 0 radical (unpaired) electrons. The zero-order chi connectivity index (χ0) is 26.1. The fourth-order valence-electron chi connectivity index (χ4n) is 7.94. The van der Waals surface area contributed by atoms with Crippen molar-refractivity contribution in [3.8, 4) is 17.3 Å². The van der Waals surface area contributed by atoms with E-state index in [0.29, 0.717) is 47.1 Å². The number of anilines is 1. The number of hydrogen-bond donors (Lipinski definition) is 1. The molecule has 4 saturated heterocycles. The molecule has 0 spiro atoms. The van der Waals surface area contributed by atoms with Gasteiger partial charge in [0, 0.05) is 36.9 Å². The summed E-state index contributed by atoms with van der Waals surface area (Å²) in [4.78, 5) is 19.3. The lowest BCUT2D eigenvalue weighted by Gasteiger charge is -2.34. The molecule has 1 aromatic carbocycles. The first-order valence-electron chi connectivity index (χ1n) is 14.9. The summed E-state index contributed by atoms with van der Waals surface area (Å²) in [6.07, 6.45) is 9.97. The van der Waals surface area contributed by atoms with E-state index in [1.165, 1.54) is 31.2 Å². The third-order valence-electron chi connectivity index (χ3n) is 10.2. The number of piperazine rings is 1. The van der Waals surface area contributed by atoms with Gasteiger partial charge < -0.3 is 15.0 Å². The first-order valence-corrected chi connectivity index (χ1v) is 14.9. The van der Waals surface area contributed by atoms with Crippen LogP contribution in [0.3, 0.4) is 0 Å². The van der Waals surface area contributed by atoms with Gasteiger partial charge in [-0.05, 0) is 75.4 Å². The standard InChI is InChI=1S/C31H37FN6O/c1-19-14-24(19)22-6-2-3-7-23(22)27-26(32)28-25(15-33-27)29(37-16-20-8-9-21(17-37)34-20)36-30(35-28)39-18-31-10-4-12-38(31)13-5-11-31/h2-3,6-7,15,19-21,24,34H,4-5,8-14,16-18H2,1H3/t19-,20?,21?,24+/m0/s1. The van der Waals surface area contributed by atoms with Crippen LogP contribution in [0.4, 0.5) is 10.2 Å². The van der Waals surface area contributed by atoms with E-state index in [1.807, 2.05) is 18.2 Å². The molecule has 6 heterocycles. The topological polar surface area (TPSA) is 66.4 Å². The number of benzene rings is 1. The van der Waals surface area contributed by atoms with Gasteiger partial charge in [0.05, 0.1) is 10.9 Å². The predicted octanol–water partition coefficient (Wildman–Crippen LogP) is 4.90. The van der Waals surface area contributed by atoms with E-state index in [0.717, 1.165) is 56.8 Å². The first kappa shape index (κ1) is 24.0. The van der Waals surface area contributed by atoms with Crippen LogP contribution in [0.2, 0.25) is 0 Å². The van der Waals surface area contributed by atoms with Crippen molar-refractivity contribution in [2.24, 2.45) is 5.92 Å². The van der Waals surface area contributed by atoms with Crippen LogP contribution >= 0.6 is 0 Å². The molecule has 39 heavy (non-hydrogen) atoms. The van der Waals surface area contributed by atoms with E-state index in [9.17, 15) is 0 Å². The second-order valence-corrected chi connectivity index (χ2v) is 12.7. The number of pyridine rings is 1. The average Bonchev–Trinajstić information content (AvgIpc) is 3.22. The maximum absolute atomic E-state index is 16.5. The Morgan fingerprint density at radius 2 is 1.82 bits per heavy atom. The third-order valence-corrected chi connectivity index (χ3v) is 10.2. The van der Waals surface area contributed by atoms with Crippen LogP contribution in [-0.4, -0.2) is 70.3 Å². The van der Waals surface area contributed by atoms with Crippen LogP contribution < -0.4 is 15.0 Å². The van der Waals surface area contributed by atoms with Gasteiger partial charge in [0.1, 0.15) is 23.6 Å². The molecule has 1 aliphatic carbocycles. The number of fused-ring (bicyclic) bond motifs is 4. The van der Waals surface area contributed by atoms with Crippen molar-refractivity contribution in [2.45, 2.75) is 75.4 Å². The van der Waals surface area contributed by atoms with Gasteiger partial charge in [0.15, 0.2) is 5.82 Å². The average molecular weight is 529 g/mol. The molecule has 7 nitrogen and oxygen atoms in total. The molecule has 4 aliphatic heterocycles. The minimum absolute atomic E-state index is 0.0779. The molecule has 8 rings (SSSR count). The van der Waals surface area contributed by atoms with E-state index in [2.05, 4.69) is 28.1 Å². The van der Waals surface area contributed by atoms with Crippen LogP contribution in [0.1, 0.15) is 63.4 Å². The molecule has 0 amide bonds. The SMILES string of the molecule is C[C@H]1C[C@H]1c1ccccc1-c1ncc2c(N3CC4CCC(C3)N4)nc(OCC34CCCN3CCC4)nc2c1F. The fourth-order valence-corrected chi connectivity index (χ4v) is 7.94. The molecule has 5 fully saturated rings. The number of nitrogens with one attached hydrogen (secondary N) is 1. The highest BCUT2D eigenvalue weighted by atomic mass is 19.1. The zero-order valence-corrected chi connectivity index (χ0v) is 22.7. The maximum Gasteiger partial charge on any atom is 0.319 e. The molecule has 8 heteroatoms. The molecule has 3 aromatic rings. The zero-order valence-electron chi connectivity index (χ0n) is 22.7. The predicted molar refractivity (Wildman–Crippen MR) is 150 cm³/mol. The van der Waals surface area contributed by atoms with Gasteiger partial charge >= 0.3 is 6.01 Å². The molecule has 204 valence electrons. The number of halogens is 1. The van der Waals surface area contributed by atoms with Crippen molar-refractivity contribution in [2.75, 3.05) is 37.7 Å². The molecule has 2 unspecified atom stereocenters. The summed E-state index contributed by atoms with van der Waals surface area (Å²) < 4.78 is 22.9. The lowest BCUT2D eigenvalue weighted by Crippen LogP contribution is -2.51. The van der Waals surface area contributed by atoms with Crippen molar-refractivity contribution >= 4 is 16.7 Å². The Bertz CT molecular complexity index is 1410. The van der Waals surface area contributed by atoms with Crippen LogP contribution in [0.25, 0.3) is 22.2 Å². The van der Waals surface area contributed by atoms with E-state index in [4.69, 9.17) is 19.7 Å². The molecular formula is C31H37FN6O. The Balaban J connectivity index is 1.22. The number of rotatable bonds is 6. The van der Waals surface area contributed by atoms with Crippen molar-refractivity contribution in [3.63, 3.8) is 0 Å². The second kappa shape index (κ2) is 9.10. The highest BCUT2D eigenvalue weighted by molar-refractivity contribution is 5.92. The molecule has 1 N–H and O–H groups in total. The number of aromatic nitrogens is 3. The van der Waals surface area contributed by atoms with E-state index < -0.39 is 0 Å². The normalized spacial score (nSPS) is 29.2. The van der Waals surface area contributed by atoms with Gasteiger partial charge in [-0.15, -0.1) is 0 Å². The van der Waals surface area contributed by atoms with Gasteiger partial charge in [0.2, 0.25) is 0 Å². The minimum atomic E-state index is -0.374. The van der Waals surface area contributed by atoms with E-state index >= 15 is 4.39 Å². The smallest absolute Gasteiger partial charge is 0.319 e. The summed E-state index contributed by atoms with van der Waals surface area (Å²) in [6.45, 7) is 6.80. The summed E-state index contributed by atoms with van der Waals surface area (Å²) in [5, 5.41) is 4.37. The van der Waals surface area contributed by atoms with Gasteiger partial charge in [-0.3, -0.25) is 9.88 Å². The minimum Gasteiger partial charge on any atom is -0.461 e. The maximum atomic E-state index is 16.5. The number of ether oxygens (including phenoxy) is 1. The molecule has 4 atom stereocenters. The quantitative estimate of drug-likeness (QED) is 0.488. The lowest BCUT2D eigenvalue weighted by atomic mass is 9.95. The summed E-state index contributed by atoms with van der Waals surface area (Å²) in [5.74, 6) is 1.47. The fraction of sp³-hybridized carbons (Fsp3) is 0.581. The highest BCUT2D eigenvalue weighted by Gasteiger charge is 2.45. The Morgan fingerprint density at radius 3 is 2.56 bits per heavy atom. The first-order chi connectivity index (χ1) is 19.1. The van der Waals surface area contributed by atoms with Crippen molar-refractivity contribution in [3.05, 3.63) is 41.8 Å². The van der Waals surface area contributed by atoms with Crippen molar-refractivity contribution in [1.82, 2.24) is 25.2 Å². The van der Waals surface area contributed by atoms with Crippen LogP contribution in [0, 0.1) is 11.7 Å². The van der Waals surface area contributed by atoms with Crippen molar-refractivity contribution in [1.29, 1.82) is 0 Å². The summed E-state index contributed by atoms with van der Waals surface area (Å²) in [7, 11) is 0. The largest absolute Gasteiger partial charge is 0.461 e. The molecule has 2 bridgehead atoms. The molecule has 1 saturated carbocycles. The Kier molecular flexibility index (Phi) is 5.60. The summed E-state index contributed by atoms with van der Waals surface area (Å²) in [5.41, 5.74) is 2.83. The van der Waals surface area contributed by atoms with Crippen LogP contribution in [0.15, 0.2) is 30.5 Å². The summed E-state index contributed by atoms with van der Waals surface area (Å²) in [6, 6.07) is 9.30. The van der Waals surface area contributed by atoms with Crippen LogP contribution in [-0.2, 0) is 0 Å². The van der Waals surface area contributed by atoms with Crippen LogP contribution in [0.5, 0.6) is 6.01 Å². The molecule has 2 aromatic heterocycles. The van der Waals surface area contributed by atoms with Crippen molar-refractivity contribution < 1.29 is 9.13 Å². The lowest BCUT2D eigenvalue weighted by molar-refractivity contribution is 0.108. The third kappa shape index (κ3) is 4.01. The molecular weight excluding hydrogens is 491 g/mol. The Labute approximate surface area is 229 Å². The number of nitrogens with zero attached hydrogens (tertiary/aromatic N) is 5. The van der Waals surface area contributed by atoms with Gasteiger partial charge in [-0.2, -0.15) is 9.97 Å². The van der Waals surface area contributed by atoms with Gasteiger partial charge in [-0.25, -0.2) is 4.39 Å². The highest BCUT2D eigenvalue weighted by Crippen LogP contribution is 2.50. The molecule has 5 aliphatic rings. The van der Waals surface area contributed by atoms with Gasteiger partial charge in [0.25, 0.3) is 0 Å².